The number of nitrogens with one attached hydrogen (secondary N) is 2. The van der Waals surface area contributed by atoms with Crippen molar-refractivity contribution < 1.29 is 4.79 Å². The molecule has 1 saturated heterocycles. The van der Waals surface area contributed by atoms with E-state index in [9.17, 15) is 4.79 Å². The van der Waals surface area contributed by atoms with Gasteiger partial charge in [0.05, 0.1) is 17.5 Å². The van der Waals surface area contributed by atoms with E-state index in [0.29, 0.717) is 5.56 Å². The molecule has 2 rings (SSSR count). The van der Waals surface area contributed by atoms with Crippen molar-refractivity contribution in [3.63, 3.8) is 0 Å². The average molecular weight is 208 g/mol. The second kappa shape index (κ2) is 3.66. The molecule has 0 unspecified atom stereocenters. The minimum atomic E-state index is -0.412. The number of primary amides is 1. The molecule has 0 aromatic carbocycles. The molecule has 5 nitrogen and oxygen atoms in total. The minimum absolute atomic E-state index is 0.0564. The normalized spacial score (nSPS) is 26.5. The second-order valence-corrected chi connectivity index (χ2v) is 4.36. The van der Waals surface area contributed by atoms with Crippen LogP contribution in [0.3, 0.4) is 0 Å². The number of hydrogen-bond donors (Lipinski definition) is 3. The highest BCUT2D eigenvalue weighted by molar-refractivity contribution is 5.94. The standard InChI is InChI=1S/C10H16N4O/c1-10(3-2-4-12-6-10)8-7(9(11)15)5-13-14-8/h5,12H,2-4,6H2,1H3,(H2,11,15)(H,13,14)/t10-/m1/s1. The van der Waals surface area contributed by atoms with Crippen LogP contribution in [-0.2, 0) is 5.41 Å². The van der Waals surface area contributed by atoms with Crippen molar-refractivity contribution in [1.82, 2.24) is 15.5 Å². The quantitative estimate of drug-likeness (QED) is 0.647. The lowest BCUT2D eigenvalue weighted by Gasteiger charge is -2.33. The molecule has 0 aliphatic carbocycles. The van der Waals surface area contributed by atoms with Gasteiger partial charge in [0.25, 0.3) is 5.91 Å². The summed E-state index contributed by atoms with van der Waals surface area (Å²) in [6.45, 7) is 4.02. The maximum atomic E-state index is 11.2. The van der Waals surface area contributed by atoms with Crippen molar-refractivity contribution in [1.29, 1.82) is 0 Å². The molecule has 0 bridgehead atoms. The van der Waals surface area contributed by atoms with Gasteiger partial charge in [-0.1, -0.05) is 6.92 Å². The molecular weight excluding hydrogens is 192 g/mol. The van der Waals surface area contributed by atoms with Crippen LogP contribution in [0.1, 0.15) is 35.8 Å². The van der Waals surface area contributed by atoms with Crippen molar-refractivity contribution in [2.24, 2.45) is 5.73 Å². The van der Waals surface area contributed by atoms with Crippen LogP contribution in [-0.4, -0.2) is 29.2 Å². The Morgan fingerprint density at radius 3 is 3.07 bits per heavy atom. The van der Waals surface area contributed by atoms with Crippen molar-refractivity contribution in [2.75, 3.05) is 13.1 Å². The molecule has 1 aromatic heterocycles. The Bertz CT molecular complexity index is 365. The van der Waals surface area contributed by atoms with Crippen LogP contribution < -0.4 is 11.1 Å². The molecule has 4 N–H and O–H groups in total. The fourth-order valence-electron chi connectivity index (χ4n) is 2.20. The fourth-order valence-corrected chi connectivity index (χ4v) is 2.20. The number of carbonyl (C=O) groups is 1. The molecule has 82 valence electrons. The molecule has 1 aromatic rings. The molecule has 1 aliphatic heterocycles. The van der Waals surface area contributed by atoms with Gasteiger partial charge in [-0.2, -0.15) is 5.10 Å². The van der Waals surface area contributed by atoms with E-state index in [1.807, 2.05) is 0 Å². The topological polar surface area (TPSA) is 83.8 Å². The Morgan fingerprint density at radius 2 is 2.47 bits per heavy atom. The number of nitrogens with zero attached hydrogens (tertiary/aromatic N) is 1. The molecular formula is C10H16N4O. The first kappa shape index (κ1) is 10.2. The second-order valence-electron chi connectivity index (χ2n) is 4.36. The van der Waals surface area contributed by atoms with Gasteiger partial charge in [-0.25, -0.2) is 0 Å². The zero-order valence-electron chi connectivity index (χ0n) is 8.84. The van der Waals surface area contributed by atoms with E-state index in [1.54, 1.807) is 0 Å². The Balaban J connectivity index is 2.34. The lowest BCUT2D eigenvalue weighted by Crippen LogP contribution is -2.42. The zero-order chi connectivity index (χ0) is 10.9. The maximum absolute atomic E-state index is 11.2. The predicted molar refractivity (Wildman–Crippen MR) is 56.6 cm³/mol. The molecule has 1 amide bonds. The SMILES string of the molecule is C[C@@]1(c2[nH]ncc2C(N)=O)CCCNC1. The lowest BCUT2D eigenvalue weighted by molar-refractivity contribution is 0.0997. The predicted octanol–water partition coefficient (Wildman–Crippen LogP) is 0.150. The van der Waals surface area contributed by atoms with E-state index in [0.717, 1.165) is 31.6 Å². The van der Waals surface area contributed by atoms with Crippen LogP contribution in [0, 0.1) is 0 Å². The first-order valence-electron chi connectivity index (χ1n) is 5.18. The summed E-state index contributed by atoms with van der Waals surface area (Å²) in [4.78, 5) is 11.2. The van der Waals surface area contributed by atoms with Gasteiger partial charge in [-0.05, 0) is 19.4 Å². The van der Waals surface area contributed by atoms with Gasteiger partial charge >= 0.3 is 0 Å². The Labute approximate surface area is 88.4 Å². The van der Waals surface area contributed by atoms with Crippen molar-refractivity contribution >= 4 is 5.91 Å². The number of nitrogens with two attached hydrogens (primary N) is 1. The van der Waals surface area contributed by atoms with Gasteiger partial charge < -0.3 is 11.1 Å². The molecule has 2 heterocycles. The van der Waals surface area contributed by atoms with E-state index < -0.39 is 5.91 Å². The number of aromatic nitrogens is 2. The minimum Gasteiger partial charge on any atom is -0.365 e. The molecule has 0 radical (unpaired) electrons. The van der Waals surface area contributed by atoms with Crippen LogP contribution in [0.5, 0.6) is 0 Å². The highest BCUT2D eigenvalue weighted by Gasteiger charge is 2.33. The highest BCUT2D eigenvalue weighted by Crippen LogP contribution is 2.31. The van der Waals surface area contributed by atoms with Crippen LogP contribution in [0.15, 0.2) is 6.20 Å². The van der Waals surface area contributed by atoms with Crippen LogP contribution in [0.2, 0.25) is 0 Å². The molecule has 15 heavy (non-hydrogen) atoms. The summed E-state index contributed by atoms with van der Waals surface area (Å²) in [5.41, 5.74) is 6.63. The number of aromatic amines is 1. The average Bonchev–Trinajstić information content (AvgIpc) is 2.67. The Kier molecular flexibility index (Phi) is 2.48. The summed E-state index contributed by atoms with van der Waals surface area (Å²) in [5, 5.41) is 10.1. The van der Waals surface area contributed by atoms with E-state index in [-0.39, 0.29) is 5.41 Å². The third-order valence-corrected chi connectivity index (χ3v) is 3.11. The van der Waals surface area contributed by atoms with Crippen molar-refractivity contribution in [3.05, 3.63) is 17.5 Å². The Hall–Kier alpha value is -1.36. The lowest BCUT2D eigenvalue weighted by atomic mass is 9.78. The van der Waals surface area contributed by atoms with E-state index in [2.05, 4.69) is 22.4 Å². The highest BCUT2D eigenvalue weighted by atomic mass is 16.1. The van der Waals surface area contributed by atoms with E-state index in [1.165, 1.54) is 6.20 Å². The van der Waals surface area contributed by atoms with Crippen LogP contribution in [0.4, 0.5) is 0 Å². The summed E-state index contributed by atoms with van der Waals surface area (Å²) in [7, 11) is 0. The smallest absolute Gasteiger partial charge is 0.252 e. The van der Waals surface area contributed by atoms with Crippen LogP contribution in [0.25, 0.3) is 0 Å². The van der Waals surface area contributed by atoms with Gasteiger partial charge in [0.1, 0.15) is 0 Å². The molecule has 0 spiro atoms. The van der Waals surface area contributed by atoms with Crippen molar-refractivity contribution in [2.45, 2.75) is 25.2 Å². The summed E-state index contributed by atoms with van der Waals surface area (Å²) in [6, 6.07) is 0. The summed E-state index contributed by atoms with van der Waals surface area (Å²) in [5.74, 6) is -0.412. The Morgan fingerprint density at radius 1 is 1.67 bits per heavy atom. The van der Waals surface area contributed by atoms with Gasteiger partial charge in [-0.3, -0.25) is 9.89 Å². The largest absolute Gasteiger partial charge is 0.365 e. The molecule has 1 fully saturated rings. The fraction of sp³-hybridized carbons (Fsp3) is 0.600. The van der Waals surface area contributed by atoms with Gasteiger partial charge in [0.2, 0.25) is 0 Å². The number of amides is 1. The monoisotopic (exact) mass is 208 g/mol. The number of H-pyrrole nitrogens is 1. The first-order valence-corrected chi connectivity index (χ1v) is 5.18. The van der Waals surface area contributed by atoms with Gasteiger partial charge in [0.15, 0.2) is 0 Å². The van der Waals surface area contributed by atoms with Crippen molar-refractivity contribution in [3.8, 4) is 0 Å². The zero-order valence-corrected chi connectivity index (χ0v) is 8.84. The summed E-state index contributed by atoms with van der Waals surface area (Å²) >= 11 is 0. The van der Waals surface area contributed by atoms with Crippen LogP contribution >= 0.6 is 0 Å². The third-order valence-electron chi connectivity index (χ3n) is 3.11. The molecule has 5 heteroatoms. The molecule has 1 atom stereocenters. The number of hydrogen-bond acceptors (Lipinski definition) is 3. The van der Waals surface area contributed by atoms with Gasteiger partial charge in [-0.15, -0.1) is 0 Å². The first-order chi connectivity index (χ1) is 7.13. The number of piperidine rings is 1. The summed E-state index contributed by atoms with van der Waals surface area (Å²) < 4.78 is 0. The summed E-state index contributed by atoms with van der Waals surface area (Å²) in [6.07, 6.45) is 3.66. The molecule has 0 saturated carbocycles. The van der Waals surface area contributed by atoms with E-state index in [4.69, 9.17) is 5.73 Å². The number of carbonyl (C=O) groups excluding carboxylic acids is 1. The van der Waals surface area contributed by atoms with E-state index >= 15 is 0 Å². The maximum Gasteiger partial charge on any atom is 0.252 e. The third kappa shape index (κ3) is 1.74. The number of rotatable bonds is 2. The molecule has 1 aliphatic rings. The van der Waals surface area contributed by atoms with Gasteiger partial charge in [0, 0.05) is 12.0 Å².